The lowest BCUT2D eigenvalue weighted by Crippen LogP contribution is -2.32. The molecule has 0 spiro atoms. The highest BCUT2D eigenvalue weighted by Crippen LogP contribution is 2.10. The number of carboxylic acid groups (broad SMARTS) is 1. The highest BCUT2D eigenvalue weighted by atomic mass is 16.4. The zero-order chi connectivity index (χ0) is 9.26. The van der Waals surface area contributed by atoms with Gasteiger partial charge in [0, 0.05) is 19.3 Å². The first-order valence-electron chi connectivity index (χ1n) is 4.45. The molecule has 1 saturated heterocycles. The van der Waals surface area contributed by atoms with Gasteiger partial charge in [0.15, 0.2) is 0 Å². The predicted octanol–water partition coefficient (Wildman–Crippen LogP) is 0.918. The molecule has 4 heteroatoms. The van der Waals surface area contributed by atoms with Crippen molar-refractivity contribution in [3.05, 3.63) is 24.0 Å². The van der Waals surface area contributed by atoms with Gasteiger partial charge in [-0.3, -0.25) is 4.68 Å². The maximum Gasteiger partial charge on any atom is 0.354 e. The summed E-state index contributed by atoms with van der Waals surface area (Å²) in [5.41, 5.74) is 0.349. The van der Waals surface area contributed by atoms with Gasteiger partial charge in [0.2, 0.25) is 0 Å². The fourth-order valence-electron chi connectivity index (χ4n) is 1.70. The summed E-state index contributed by atoms with van der Waals surface area (Å²) in [6.07, 6.45) is 4.10. The Morgan fingerprint density at radius 3 is 2.69 bits per heavy atom. The molecule has 1 aliphatic rings. The molecule has 70 valence electrons. The molecule has 13 heavy (non-hydrogen) atoms. The lowest BCUT2D eigenvalue weighted by atomic mass is 10.4. The predicted molar refractivity (Wildman–Crippen MR) is 48.6 cm³/mol. The first-order chi connectivity index (χ1) is 6.29. The van der Waals surface area contributed by atoms with Crippen LogP contribution in [0.5, 0.6) is 0 Å². The molecule has 0 aliphatic carbocycles. The van der Waals surface area contributed by atoms with E-state index >= 15 is 0 Å². The van der Waals surface area contributed by atoms with Crippen LogP contribution in [0.25, 0.3) is 0 Å². The zero-order valence-corrected chi connectivity index (χ0v) is 7.31. The molecule has 1 aliphatic heterocycles. The van der Waals surface area contributed by atoms with Crippen molar-refractivity contribution < 1.29 is 9.90 Å². The Labute approximate surface area is 76.4 Å². The molecule has 0 unspecified atom stereocenters. The van der Waals surface area contributed by atoms with Gasteiger partial charge in [-0.25, -0.2) is 4.79 Å². The van der Waals surface area contributed by atoms with Gasteiger partial charge < -0.3 is 10.1 Å². The quantitative estimate of drug-likeness (QED) is 0.736. The van der Waals surface area contributed by atoms with Crippen LogP contribution in [0.1, 0.15) is 23.3 Å². The molecule has 1 aromatic rings. The van der Waals surface area contributed by atoms with E-state index in [1.54, 1.807) is 23.0 Å². The van der Waals surface area contributed by atoms with Gasteiger partial charge in [-0.05, 0) is 25.0 Å². The number of rotatable bonds is 2. The minimum atomic E-state index is -0.864. The van der Waals surface area contributed by atoms with Crippen molar-refractivity contribution >= 4 is 5.97 Å². The number of hydrogen-bond acceptors (Lipinski definition) is 2. The smallest absolute Gasteiger partial charge is 0.354 e. The standard InChI is InChI=1S/C9H12N2O2/c12-9(13)8-4-3-7-11(8)10-5-1-2-6-10/h3-4,7H,1-2,5-6H2,(H,12,13). The molecule has 0 atom stereocenters. The molecule has 4 nitrogen and oxygen atoms in total. The third-order valence-electron chi connectivity index (χ3n) is 2.33. The largest absolute Gasteiger partial charge is 0.477 e. The number of carboxylic acids is 1. The van der Waals surface area contributed by atoms with Crippen molar-refractivity contribution in [1.82, 2.24) is 4.68 Å². The molecule has 0 saturated carbocycles. The van der Waals surface area contributed by atoms with Crippen LogP contribution in [-0.4, -0.2) is 28.8 Å². The SMILES string of the molecule is O=C(O)c1cccn1N1CCCC1. The Morgan fingerprint density at radius 2 is 2.08 bits per heavy atom. The Morgan fingerprint density at radius 1 is 1.38 bits per heavy atom. The molecule has 2 heterocycles. The van der Waals surface area contributed by atoms with E-state index in [-0.39, 0.29) is 0 Å². The summed E-state index contributed by atoms with van der Waals surface area (Å²) < 4.78 is 1.73. The number of carbonyl (C=O) groups is 1. The highest BCUT2D eigenvalue weighted by molar-refractivity contribution is 5.85. The Balaban J connectivity index is 2.28. The van der Waals surface area contributed by atoms with E-state index in [0.29, 0.717) is 5.69 Å². The Bertz CT molecular complexity index is 313. The first-order valence-corrected chi connectivity index (χ1v) is 4.45. The Hall–Kier alpha value is -1.45. The second kappa shape index (κ2) is 3.12. The topological polar surface area (TPSA) is 45.5 Å². The minimum Gasteiger partial charge on any atom is -0.477 e. The third kappa shape index (κ3) is 1.39. The van der Waals surface area contributed by atoms with Gasteiger partial charge in [-0.1, -0.05) is 0 Å². The van der Waals surface area contributed by atoms with Crippen molar-refractivity contribution in [2.24, 2.45) is 0 Å². The zero-order valence-electron chi connectivity index (χ0n) is 7.31. The molecule has 1 N–H and O–H groups in total. The van der Waals surface area contributed by atoms with Gasteiger partial charge in [0.05, 0.1) is 0 Å². The molecular formula is C9H12N2O2. The maximum atomic E-state index is 10.8. The molecule has 1 fully saturated rings. The third-order valence-corrected chi connectivity index (χ3v) is 2.33. The summed E-state index contributed by atoms with van der Waals surface area (Å²) in [5.74, 6) is -0.864. The molecule has 0 amide bonds. The minimum absolute atomic E-state index is 0.349. The second-order valence-electron chi connectivity index (χ2n) is 3.20. The van der Waals surface area contributed by atoms with E-state index in [1.807, 2.05) is 0 Å². The average molecular weight is 180 g/mol. The highest BCUT2D eigenvalue weighted by Gasteiger charge is 2.16. The summed E-state index contributed by atoms with van der Waals surface area (Å²) in [4.78, 5) is 10.8. The second-order valence-corrected chi connectivity index (χ2v) is 3.20. The normalized spacial score (nSPS) is 16.5. The van der Waals surface area contributed by atoms with Crippen molar-refractivity contribution in [2.75, 3.05) is 18.1 Å². The van der Waals surface area contributed by atoms with Crippen LogP contribution in [0.4, 0.5) is 0 Å². The average Bonchev–Trinajstić information content (AvgIpc) is 2.74. The number of hydrogen-bond donors (Lipinski definition) is 1. The fourth-order valence-corrected chi connectivity index (χ4v) is 1.70. The van der Waals surface area contributed by atoms with Crippen molar-refractivity contribution in [1.29, 1.82) is 0 Å². The van der Waals surface area contributed by atoms with E-state index in [0.717, 1.165) is 25.9 Å². The first kappa shape index (κ1) is 8.16. The van der Waals surface area contributed by atoms with Crippen LogP contribution in [-0.2, 0) is 0 Å². The van der Waals surface area contributed by atoms with Gasteiger partial charge >= 0.3 is 5.97 Å². The maximum absolute atomic E-state index is 10.8. The van der Waals surface area contributed by atoms with Gasteiger partial charge in [-0.2, -0.15) is 0 Å². The van der Waals surface area contributed by atoms with E-state index in [1.165, 1.54) is 0 Å². The molecule has 0 aromatic carbocycles. The van der Waals surface area contributed by atoms with Crippen molar-refractivity contribution in [3.63, 3.8) is 0 Å². The molecule has 2 rings (SSSR count). The van der Waals surface area contributed by atoms with Crippen molar-refractivity contribution in [3.8, 4) is 0 Å². The van der Waals surface area contributed by atoms with Crippen LogP contribution in [0.15, 0.2) is 18.3 Å². The van der Waals surface area contributed by atoms with E-state index in [4.69, 9.17) is 5.11 Å². The van der Waals surface area contributed by atoms with Gasteiger partial charge in [0.1, 0.15) is 5.69 Å². The molecule has 1 aromatic heterocycles. The number of aromatic carboxylic acids is 1. The fraction of sp³-hybridized carbons (Fsp3) is 0.444. The summed E-state index contributed by atoms with van der Waals surface area (Å²) in [5, 5.41) is 10.9. The van der Waals surface area contributed by atoms with Crippen molar-refractivity contribution in [2.45, 2.75) is 12.8 Å². The van der Waals surface area contributed by atoms with Crippen LogP contribution < -0.4 is 5.01 Å². The van der Waals surface area contributed by atoms with E-state index in [9.17, 15) is 4.79 Å². The van der Waals surface area contributed by atoms with Gasteiger partial charge in [-0.15, -0.1) is 0 Å². The Kier molecular flexibility index (Phi) is 1.96. The van der Waals surface area contributed by atoms with Crippen LogP contribution in [0.3, 0.4) is 0 Å². The number of nitrogens with zero attached hydrogens (tertiary/aromatic N) is 2. The van der Waals surface area contributed by atoms with Crippen LogP contribution in [0.2, 0.25) is 0 Å². The summed E-state index contributed by atoms with van der Waals surface area (Å²) in [6, 6.07) is 3.39. The van der Waals surface area contributed by atoms with E-state index in [2.05, 4.69) is 5.01 Å². The number of aromatic nitrogens is 1. The molecular weight excluding hydrogens is 168 g/mol. The molecule has 0 bridgehead atoms. The van der Waals surface area contributed by atoms with E-state index < -0.39 is 5.97 Å². The lowest BCUT2D eigenvalue weighted by Gasteiger charge is -2.20. The lowest BCUT2D eigenvalue weighted by molar-refractivity contribution is 0.0685. The summed E-state index contributed by atoms with van der Waals surface area (Å²) in [6.45, 7) is 1.91. The monoisotopic (exact) mass is 180 g/mol. The summed E-state index contributed by atoms with van der Waals surface area (Å²) in [7, 11) is 0. The van der Waals surface area contributed by atoms with Gasteiger partial charge in [0.25, 0.3) is 0 Å². The van der Waals surface area contributed by atoms with Crippen LogP contribution in [0, 0.1) is 0 Å². The summed E-state index contributed by atoms with van der Waals surface area (Å²) >= 11 is 0. The molecule has 0 radical (unpaired) electrons. The van der Waals surface area contributed by atoms with Crippen LogP contribution >= 0.6 is 0 Å².